The molecular formula is C21H30N2O2. The van der Waals surface area contributed by atoms with Crippen LogP contribution in [-0.2, 0) is 16.0 Å². The minimum Gasteiger partial charge on any atom is -0.355 e. The van der Waals surface area contributed by atoms with E-state index in [0.29, 0.717) is 19.4 Å². The third-order valence-corrected chi connectivity index (χ3v) is 5.58. The van der Waals surface area contributed by atoms with Gasteiger partial charge in [0, 0.05) is 12.6 Å². The van der Waals surface area contributed by atoms with Crippen molar-refractivity contribution in [2.45, 2.75) is 70.3 Å². The summed E-state index contributed by atoms with van der Waals surface area (Å²) in [5, 5.41) is 6.15. The number of hydrogen-bond donors (Lipinski definition) is 2. The van der Waals surface area contributed by atoms with Gasteiger partial charge in [-0.05, 0) is 44.1 Å². The second kappa shape index (κ2) is 8.50. The van der Waals surface area contributed by atoms with Crippen LogP contribution in [0.15, 0.2) is 30.3 Å². The first kappa shape index (κ1) is 18.0. The number of nitrogens with one attached hydrogen (secondary N) is 2. The maximum Gasteiger partial charge on any atom is 0.235 e. The maximum atomic E-state index is 12.6. The van der Waals surface area contributed by atoms with Crippen molar-refractivity contribution in [2.24, 2.45) is 5.41 Å². The fourth-order valence-corrected chi connectivity index (χ4v) is 3.74. The van der Waals surface area contributed by atoms with Crippen LogP contribution in [0, 0.1) is 5.41 Å². The predicted molar refractivity (Wildman–Crippen MR) is 99.1 cm³/mol. The molecule has 0 heterocycles. The molecule has 0 aliphatic heterocycles. The zero-order chi connectivity index (χ0) is 17.5. The third-order valence-electron chi connectivity index (χ3n) is 5.58. The van der Waals surface area contributed by atoms with Crippen molar-refractivity contribution in [2.75, 3.05) is 6.54 Å². The molecule has 2 fully saturated rings. The molecule has 1 aromatic rings. The van der Waals surface area contributed by atoms with Gasteiger partial charge in [0.25, 0.3) is 0 Å². The average Bonchev–Trinajstić information content (AvgIpc) is 3.45. The lowest BCUT2D eigenvalue weighted by atomic mass is 10.0. The molecule has 2 N–H and O–H groups in total. The zero-order valence-corrected chi connectivity index (χ0v) is 15.1. The molecular weight excluding hydrogens is 312 g/mol. The number of carbonyl (C=O) groups excluding carboxylic acids is 2. The van der Waals surface area contributed by atoms with E-state index in [4.69, 9.17) is 0 Å². The van der Waals surface area contributed by atoms with Crippen LogP contribution in [0.25, 0.3) is 0 Å². The third kappa shape index (κ3) is 4.83. The normalized spacial score (nSPS) is 19.7. The molecule has 0 saturated heterocycles. The molecule has 25 heavy (non-hydrogen) atoms. The van der Waals surface area contributed by atoms with Crippen LogP contribution in [0.3, 0.4) is 0 Å². The quantitative estimate of drug-likeness (QED) is 0.453. The first-order valence-corrected chi connectivity index (χ1v) is 9.84. The van der Waals surface area contributed by atoms with Crippen molar-refractivity contribution in [3.63, 3.8) is 0 Å². The van der Waals surface area contributed by atoms with Crippen molar-refractivity contribution in [1.29, 1.82) is 0 Å². The Hall–Kier alpha value is -1.84. The highest BCUT2D eigenvalue weighted by molar-refractivity contribution is 6.07. The van der Waals surface area contributed by atoms with E-state index < -0.39 is 5.41 Å². The number of benzene rings is 1. The van der Waals surface area contributed by atoms with E-state index in [1.165, 1.54) is 31.2 Å². The van der Waals surface area contributed by atoms with Gasteiger partial charge in [-0.25, -0.2) is 0 Å². The van der Waals surface area contributed by atoms with Crippen LogP contribution < -0.4 is 10.6 Å². The number of hydrogen-bond acceptors (Lipinski definition) is 2. The molecule has 3 rings (SSSR count). The Bertz CT molecular complexity index is 573. The Morgan fingerprint density at radius 3 is 2.28 bits per heavy atom. The zero-order valence-electron chi connectivity index (χ0n) is 15.1. The summed E-state index contributed by atoms with van der Waals surface area (Å²) in [6, 6.07) is 10.5. The molecule has 2 amide bonds. The summed E-state index contributed by atoms with van der Waals surface area (Å²) < 4.78 is 0. The molecule has 0 bridgehead atoms. The molecule has 4 nitrogen and oxygen atoms in total. The van der Waals surface area contributed by atoms with Crippen LogP contribution in [-0.4, -0.2) is 24.4 Å². The van der Waals surface area contributed by atoms with E-state index in [2.05, 4.69) is 22.8 Å². The van der Waals surface area contributed by atoms with Crippen LogP contribution in [0.4, 0.5) is 0 Å². The summed E-state index contributed by atoms with van der Waals surface area (Å²) in [6.07, 6.45) is 10.2. The summed E-state index contributed by atoms with van der Waals surface area (Å²) in [5.41, 5.74) is 0.503. The van der Waals surface area contributed by atoms with Crippen LogP contribution in [0.5, 0.6) is 0 Å². The first-order valence-electron chi connectivity index (χ1n) is 9.84. The van der Waals surface area contributed by atoms with Crippen molar-refractivity contribution in [1.82, 2.24) is 10.6 Å². The highest BCUT2D eigenvalue weighted by Gasteiger charge is 2.56. The van der Waals surface area contributed by atoms with Crippen molar-refractivity contribution in [3.8, 4) is 0 Å². The lowest BCUT2D eigenvalue weighted by Crippen LogP contribution is -2.46. The number of amides is 2. The highest BCUT2D eigenvalue weighted by atomic mass is 16.2. The molecule has 0 aromatic heterocycles. The molecule has 4 heteroatoms. The summed E-state index contributed by atoms with van der Waals surface area (Å²) in [7, 11) is 0. The molecule has 2 saturated carbocycles. The van der Waals surface area contributed by atoms with E-state index in [0.717, 1.165) is 25.7 Å². The fourth-order valence-electron chi connectivity index (χ4n) is 3.74. The lowest BCUT2D eigenvalue weighted by Gasteiger charge is -2.21. The molecule has 136 valence electrons. The molecule has 0 atom stereocenters. The predicted octanol–water partition coefficient (Wildman–Crippen LogP) is 3.35. The Labute approximate surface area is 150 Å². The Morgan fingerprint density at radius 2 is 1.64 bits per heavy atom. The Balaban J connectivity index is 1.42. The molecule has 1 aromatic carbocycles. The second-order valence-corrected chi connectivity index (χ2v) is 7.59. The van der Waals surface area contributed by atoms with Gasteiger partial charge in [-0.1, -0.05) is 56.0 Å². The summed E-state index contributed by atoms with van der Waals surface area (Å²) in [5.74, 6) is -0.119. The van der Waals surface area contributed by atoms with Gasteiger partial charge in [0.1, 0.15) is 5.41 Å². The van der Waals surface area contributed by atoms with Gasteiger partial charge >= 0.3 is 0 Å². The van der Waals surface area contributed by atoms with Crippen LogP contribution >= 0.6 is 0 Å². The Kier molecular flexibility index (Phi) is 6.11. The summed E-state index contributed by atoms with van der Waals surface area (Å²) >= 11 is 0. The van der Waals surface area contributed by atoms with Gasteiger partial charge in [0.05, 0.1) is 0 Å². The van der Waals surface area contributed by atoms with Gasteiger partial charge in [-0.15, -0.1) is 0 Å². The molecule has 0 spiro atoms. The van der Waals surface area contributed by atoms with E-state index in [9.17, 15) is 9.59 Å². The van der Waals surface area contributed by atoms with Crippen molar-refractivity contribution >= 4 is 11.8 Å². The van der Waals surface area contributed by atoms with E-state index in [-0.39, 0.29) is 17.9 Å². The molecule has 2 aliphatic carbocycles. The van der Waals surface area contributed by atoms with Gasteiger partial charge in [-0.2, -0.15) is 0 Å². The van der Waals surface area contributed by atoms with Crippen LogP contribution in [0.2, 0.25) is 0 Å². The summed E-state index contributed by atoms with van der Waals surface area (Å²) in [6.45, 7) is 0.631. The topological polar surface area (TPSA) is 58.2 Å². The van der Waals surface area contributed by atoms with Crippen molar-refractivity contribution in [3.05, 3.63) is 35.9 Å². The van der Waals surface area contributed by atoms with Gasteiger partial charge in [0.15, 0.2) is 0 Å². The van der Waals surface area contributed by atoms with Crippen LogP contribution in [0.1, 0.15) is 63.4 Å². The number of aryl methyl sites for hydroxylation is 1. The monoisotopic (exact) mass is 342 g/mol. The average molecular weight is 342 g/mol. The maximum absolute atomic E-state index is 12.6. The number of carbonyl (C=O) groups is 2. The van der Waals surface area contributed by atoms with Gasteiger partial charge in [0.2, 0.25) is 11.8 Å². The SMILES string of the molecule is O=C(NCCCc1ccccc1)C1(C(=O)NC2CCCCCC2)CC1. The van der Waals surface area contributed by atoms with E-state index >= 15 is 0 Å². The standard InChI is InChI=1S/C21H30N2O2/c24-19(22-16-8-11-17-9-4-3-5-10-17)21(14-15-21)20(25)23-18-12-6-1-2-7-13-18/h3-5,9-10,18H,1-2,6-8,11-16H2,(H,22,24)(H,23,25). The van der Waals surface area contributed by atoms with E-state index in [1.807, 2.05) is 18.2 Å². The lowest BCUT2D eigenvalue weighted by molar-refractivity contribution is -0.137. The molecule has 2 aliphatic rings. The summed E-state index contributed by atoms with van der Waals surface area (Å²) in [4.78, 5) is 25.1. The van der Waals surface area contributed by atoms with E-state index in [1.54, 1.807) is 0 Å². The minimum absolute atomic E-state index is 0.0417. The highest BCUT2D eigenvalue weighted by Crippen LogP contribution is 2.46. The second-order valence-electron chi connectivity index (χ2n) is 7.59. The molecule has 0 unspecified atom stereocenters. The largest absolute Gasteiger partial charge is 0.355 e. The molecule has 0 radical (unpaired) electrons. The fraction of sp³-hybridized carbons (Fsp3) is 0.619. The van der Waals surface area contributed by atoms with Gasteiger partial charge < -0.3 is 10.6 Å². The smallest absolute Gasteiger partial charge is 0.235 e. The number of rotatable bonds is 7. The Morgan fingerprint density at radius 1 is 0.960 bits per heavy atom. The van der Waals surface area contributed by atoms with Crippen molar-refractivity contribution < 1.29 is 9.59 Å². The van der Waals surface area contributed by atoms with Gasteiger partial charge in [-0.3, -0.25) is 9.59 Å². The minimum atomic E-state index is -0.779. The first-order chi connectivity index (χ1) is 12.2.